The van der Waals surface area contributed by atoms with Gasteiger partial charge >= 0.3 is 0 Å². The first kappa shape index (κ1) is 6.71. The van der Waals surface area contributed by atoms with Crippen molar-refractivity contribution in [2.24, 2.45) is 0 Å². The summed E-state index contributed by atoms with van der Waals surface area (Å²) in [4.78, 5) is 10.5. The highest BCUT2D eigenvalue weighted by Gasteiger charge is 2.34. The molecule has 1 aliphatic heterocycles. The second kappa shape index (κ2) is 2.08. The lowest BCUT2D eigenvalue weighted by Crippen LogP contribution is -2.60. The van der Waals surface area contributed by atoms with E-state index >= 15 is 0 Å². The van der Waals surface area contributed by atoms with Crippen molar-refractivity contribution < 1.29 is 9.90 Å². The number of rotatable bonds is 2. The summed E-state index contributed by atoms with van der Waals surface area (Å²) in [5.74, 6) is 0.0546. The van der Waals surface area contributed by atoms with E-state index in [2.05, 4.69) is 5.32 Å². The second-order valence-electron chi connectivity index (χ2n) is 2.71. The van der Waals surface area contributed by atoms with Gasteiger partial charge < -0.3 is 10.4 Å². The molecule has 1 saturated heterocycles. The van der Waals surface area contributed by atoms with Crippen LogP contribution in [0.3, 0.4) is 0 Å². The molecule has 0 amide bonds. The van der Waals surface area contributed by atoms with E-state index in [1.165, 1.54) is 6.92 Å². The number of hydrogen-bond acceptors (Lipinski definition) is 3. The SMILES string of the molecule is CC(=O)CC1(O)CNC1. The van der Waals surface area contributed by atoms with E-state index in [9.17, 15) is 9.90 Å². The molecule has 9 heavy (non-hydrogen) atoms. The summed E-state index contributed by atoms with van der Waals surface area (Å²) >= 11 is 0. The highest BCUT2D eigenvalue weighted by Crippen LogP contribution is 2.14. The third-order valence-electron chi connectivity index (χ3n) is 1.49. The van der Waals surface area contributed by atoms with Crippen LogP contribution in [0.4, 0.5) is 0 Å². The number of carbonyl (C=O) groups excluding carboxylic acids is 1. The standard InChI is InChI=1S/C6H11NO2/c1-5(8)2-6(9)3-7-4-6/h7,9H,2-4H2,1H3. The van der Waals surface area contributed by atoms with E-state index in [0.29, 0.717) is 19.5 Å². The summed E-state index contributed by atoms with van der Waals surface area (Å²) in [7, 11) is 0. The van der Waals surface area contributed by atoms with E-state index in [-0.39, 0.29) is 5.78 Å². The molecule has 0 atom stereocenters. The minimum atomic E-state index is -0.716. The van der Waals surface area contributed by atoms with Crippen LogP contribution in [0.2, 0.25) is 0 Å². The minimum Gasteiger partial charge on any atom is -0.387 e. The fraction of sp³-hybridized carbons (Fsp3) is 0.833. The Balaban J connectivity index is 2.33. The number of nitrogens with one attached hydrogen (secondary N) is 1. The lowest BCUT2D eigenvalue weighted by Gasteiger charge is -2.36. The van der Waals surface area contributed by atoms with Crippen molar-refractivity contribution in [3.8, 4) is 0 Å². The van der Waals surface area contributed by atoms with Crippen molar-refractivity contribution in [2.75, 3.05) is 13.1 Å². The molecule has 0 unspecified atom stereocenters. The van der Waals surface area contributed by atoms with Gasteiger partial charge in [0.05, 0.1) is 5.60 Å². The number of hydrogen-bond donors (Lipinski definition) is 2. The number of Topliss-reactive ketones (excluding diaryl/α,β-unsaturated/α-hetero) is 1. The zero-order valence-corrected chi connectivity index (χ0v) is 5.48. The third-order valence-corrected chi connectivity index (χ3v) is 1.49. The fourth-order valence-corrected chi connectivity index (χ4v) is 1.00. The molecule has 3 heteroatoms. The second-order valence-corrected chi connectivity index (χ2v) is 2.71. The van der Waals surface area contributed by atoms with Gasteiger partial charge in [-0.25, -0.2) is 0 Å². The molecule has 0 radical (unpaired) electrons. The molecular weight excluding hydrogens is 118 g/mol. The quantitative estimate of drug-likeness (QED) is 0.518. The zero-order valence-electron chi connectivity index (χ0n) is 5.48. The number of carbonyl (C=O) groups is 1. The Kier molecular flexibility index (Phi) is 1.55. The molecule has 0 aromatic carbocycles. The van der Waals surface area contributed by atoms with Crippen LogP contribution < -0.4 is 5.32 Å². The summed E-state index contributed by atoms with van der Waals surface area (Å²) in [6.45, 7) is 2.62. The van der Waals surface area contributed by atoms with Gasteiger partial charge in [0.2, 0.25) is 0 Å². The highest BCUT2D eigenvalue weighted by molar-refractivity contribution is 5.76. The average Bonchev–Trinajstić information content (AvgIpc) is 1.60. The molecule has 52 valence electrons. The van der Waals surface area contributed by atoms with Crippen molar-refractivity contribution in [3.05, 3.63) is 0 Å². The van der Waals surface area contributed by atoms with Crippen molar-refractivity contribution in [2.45, 2.75) is 18.9 Å². The summed E-state index contributed by atoms with van der Waals surface area (Å²) in [5.41, 5.74) is -0.716. The molecule has 1 aliphatic rings. The Morgan fingerprint density at radius 2 is 2.33 bits per heavy atom. The predicted molar refractivity (Wildman–Crippen MR) is 33.1 cm³/mol. The van der Waals surface area contributed by atoms with Crippen LogP contribution in [0.15, 0.2) is 0 Å². The molecule has 0 bridgehead atoms. The first-order chi connectivity index (χ1) is 4.12. The molecule has 1 fully saturated rings. The van der Waals surface area contributed by atoms with Gasteiger partial charge in [0, 0.05) is 19.5 Å². The molecule has 0 spiro atoms. The van der Waals surface area contributed by atoms with Crippen LogP contribution >= 0.6 is 0 Å². The van der Waals surface area contributed by atoms with Gasteiger partial charge in [0.25, 0.3) is 0 Å². The molecule has 0 aliphatic carbocycles. The Labute approximate surface area is 54.1 Å². The van der Waals surface area contributed by atoms with Gasteiger partial charge in [0.15, 0.2) is 0 Å². The average molecular weight is 129 g/mol. The molecule has 0 aromatic rings. The molecule has 1 rings (SSSR count). The molecule has 1 heterocycles. The highest BCUT2D eigenvalue weighted by atomic mass is 16.3. The van der Waals surface area contributed by atoms with Crippen LogP contribution in [0, 0.1) is 0 Å². The molecule has 0 saturated carbocycles. The largest absolute Gasteiger partial charge is 0.387 e. The van der Waals surface area contributed by atoms with Gasteiger partial charge in [-0.3, -0.25) is 4.79 Å². The normalized spacial score (nSPS) is 22.9. The van der Waals surface area contributed by atoms with Crippen molar-refractivity contribution >= 4 is 5.78 Å². The van der Waals surface area contributed by atoms with Crippen molar-refractivity contribution in [1.29, 1.82) is 0 Å². The first-order valence-electron chi connectivity index (χ1n) is 3.05. The predicted octanol–water partition coefficient (Wildman–Crippen LogP) is -0.700. The maximum Gasteiger partial charge on any atom is 0.132 e. The Hall–Kier alpha value is -0.410. The first-order valence-corrected chi connectivity index (χ1v) is 3.05. The summed E-state index contributed by atoms with van der Waals surface area (Å²) < 4.78 is 0. The zero-order chi connectivity index (χ0) is 6.91. The van der Waals surface area contributed by atoms with Crippen LogP contribution in [0.5, 0.6) is 0 Å². The molecule has 0 aromatic heterocycles. The summed E-state index contributed by atoms with van der Waals surface area (Å²) in [5, 5.41) is 12.2. The number of β-amino-alcohol motifs (C(OH)–C–C–N with tert-alkyl or cyclic N) is 1. The van der Waals surface area contributed by atoms with E-state index in [0.717, 1.165) is 0 Å². The smallest absolute Gasteiger partial charge is 0.132 e. The monoisotopic (exact) mass is 129 g/mol. The lowest BCUT2D eigenvalue weighted by molar-refractivity contribution is -0.124. The van der Waals surface area contributed by atoms with Crippen LogP contribution in [-0.4, -0.2) is 29.6 Å². The van der Waals surface area contributed by atoms with Crippen LogP contribution in [0.25, 0.3) is 0 Å². The van der Waals surface area contributed by atoms with E-state index in [1.807, 2.05) is 0 Å². The van der Waals surface area contributed by atoms with Crippen LogP contribution in [0.1, 0.15) is 13.3 Å². The molecular formula is C6H11NO2. The van der Waals surface area contributed by atoms with Crippen molar-refractivity contribution in [1.82, 2.24) is 5.32 Å². The van der Waals surface area contributed by atoms with Gasteiger partial charge in [-0.15, -0.1) is 0 Å². The third kappa shape index (κ3) is 1.50. The molecule has 3 nitrogen and oxygen atoms in total. The number of ketones is 1. The summed E-state index contributed by atoms with van der Waals surface area (Å²) in [6, 6.07) is 0. The number of aliphatic hydroxyl groups is 1. The Bertz CT molecular complexity index is 129. The van der Waals surface area contributed by atoms with Gasteiger partial charge in [0.1, 0.15) is 5.78 Å². The van der Waals surface area contributed by atoms with Gasteiger partial charge in [-0.1, -0.05) is 0 Å². The summed E-state index contributed by atoms with van der Waals surface area (Å²) in [6.07, 6.45) is 0.292. The maximum atomic E-state index is 10.5. The van der Waals surface area contributed by atoms with E-state index in [4.69, 9.17) is 0 Å². The van der Waals surface area contributed by atoms with E-state index in [1.54, 1.807) is 0 Å². The fourth-order valence-electron chi connectivity index (χ4n) is 1.00. The minimum absolute atomic E-state index is 0.0546. The molecule has 2 N–H and O–H groups in total. The maximum absolute atomic E-state index is 10.5. The van der Waals surface area contributed by atoms with Crippen LogP contribution in [-0.2, 0) is 4.79 Å². The van der Waals surface area contributed by atoms with Gasteiger partial charge in [-0.2, -0.15) is 0 Å². The topological polar surface area (TPSA) is 49.3 Å². The Morgan fingerprint density at radius 3 is 2.44 bits per heavy atom. The lowest BCUT2D eigenvalue weighted by atomic mass is 9.91. The Morgan fingerprint density at radius 1 is 1.78 bits per heavy atom. The van der Waals surface area contributed by atoms with Gasteiger partial charge in [-0.05, 0) is 6.92 Å². The van der Waals surface area contributed by atoms with Crippen molar-refractivity contribution in [3.63, 3.8) is 0 Å². The van der Waals surface area contributed by atoms with E-state index < -0.39 is 5.60 Å².